The van der Waals surface area contributed by atoms with Crippen molar-refractivity contribution < 1.29 is 13.2 Å². The highest BCUT2D eigenvalue weighted by Gasteiger charge is 2.30. The van der Waals surface area contributed by atoms with Gasteiger partial charge in [0, 0.05) is 52.9 Å². The maximum atomic E-state index is 13.4. The topological polar surface area (TPSA) is 39.8 Å². The van der Waals surface area contributed by atoms with E-state index in [0.29, 0.717) is 21.8 Å². The molecule has 172 valence electrons. The molecule has 4 nitrogen and oxygen atoms in total. The smallest absolute Gasteiger partial charge is 0.351 e. The molecule has 0 fully saturated rings. The number of aromatic nitrogens is 3. The van der Waals surface area contributed by atoms with Gasteiger partial charge in [-0.3, -0.25) is 14.3 Å². The van der Waals surface area contributed by atoms with Crippen LogP contribution in [-0.2, 0) is 13.2 Å². The van der Waals surface area contributed by atoms with Gasteiger partial charge >= 0.3 is 6.18 Å². The number of nitrogens with zero attached hydrogens (tertiary/aromatic N) is 3. The first-order valence-electron chi connectivity index (χ1n) is 11.0. The molecule has 0 atom stereocenters. The molecule has 0 aliphatic heterocycles. The third-order valence-electron chi connectivity index (χ3n) is 6.37. The van der Waals surface area contributed by atoms with Crippen LogP contribution in [-0.4, -0.2) is 14.1 Å². The van der Waals surface area contributed by atoms with Crippen molar-refractivity contribution in [2.45, 2.75) is 6.18 Å². The summed E-state index contributed by atoms with van der Waals surface area (Å²) in [7, 11) is 1.99. The summed E-state index contributed by atoms with van der Waals surface area (Å²) in [6.07, 6.45) is -0.881. The highest BCUT2D eigenvalue weighted by molar-refractivity contribution is 6.05. The highest BCUT2D eigenvalue weighted by atomic mass is 19.4. The van der Waals surface area contributed by atoms with Crippen molar-refractivity contribution in [2.24, 2.45) is 7.05 Å². The van der Waals surface area contributed by atoms with Crippen molar-refractivity contribution in [3.8, 4) is 16.8 Å². The minimum Gasteiger partial charge on any atom is -0.351 e. The molecule has 0 spiro atoms. The van der Waals surface area contributed by atoms with Gasteiger partial charge in [-0.1, -0.05) is 18.2 Å². The van der Waals surface area contributed by atoms with E-state index in [4.69, 9.17) is 0 Å². The Morgan fingerprint density at radius 3 is 2.46 bits per heavy atom. The maximum Gasteiger partial charge on any atom is 0.416 e. The Bertz CT molecular complexity index is 1830. The molecule has 6 aromatic rings. The highest BCUT2D eigenvalue weighted by Crippen LogP contribution is 2.33. The van der Waals surface area contributed by atoms with Crippen LogP contribution >= 0.6 is 0 Å². The molecule has 0 amide bonds. The summed E-state index contributed by atoms with van der Waals surface area (Å²) in [5.74, 6) is 0. The second-order valence-corrected chi connectivity index (χ2v) is 8.55. The number of rotatable bonds is 2. The standard InChI is InChI=1S/C28H18F3N3O/c1-33-12-11-19-13-17(6-9-25(19)33)18-5-8-24-23(14-18)27-20(16-32-24)7-10-26(35)34(27)22-4-2-3-21(15-22)28(29,30)31/h2-16H,1H3. The second-order valence-electron chi connectivity index (χ2n) is 8.55. The van der Waals surface area contributed by atoms with Gasteiger partial charge in [-0.25, -0.2) is 0 Å². The van der Waals surface area contributed by atoms with Gasteiger partial charge in [-0.15, -0.1) is 0 Å². The number of fused-ring (bicyclic) bond motifs is 4. The van der Waals surface area contributed by atoms with Crippen molar-refractivity contribution in [1.29, 1.82) is 0 Å². The lowest BCUT2D eigenvalue weighted by Gasteiger charge is -2.15. The third kappa shape index (κ3) is 3.47. The van der Waals surface area contributed by atoms with Gasteiger partial charge in [0.05, 0.1) is 16.6 Å². The summed E-state index contributed by atoms with van der Waals surface area (Å²) in [5.41, 5.74) is 3.11. The van der Waals surface area contributed by atoms with E-state index < -0.39 is 17.3 Å². The fourth-order valence-corrected chi connectivity index (χ4v) is 4.63. The Kier molecular flexibility index (Phi) is 4.57. The van der Waals surface area contributed by atoms with E-state index >= 15 is 0 Å². The molecule has 0 bridgehead atoms. The summed E-state index contributed by atoms with van der Waals surface area (Å²) in [4.78, 5) is 17.5. The Hall–Kier alpha value is -4.39. The Balaban J connectivity index is 1.64. The molecular formula is C28H18F3N3O. The van der Waals surface area contributed by atoms with Crippen LogP contribution in [0, 0.1) is 0 Å². The first-order valence-corrected chi connectivity index (χ1v) is 11.0. The van der Waals surface area contributed by atoms with E-state index in [0.717, 1.165) is 34.2 Å². The van der Waals surface area contributed by atoms with Crippen molar-refractivity contribution >= 4 is 32.7 Å². The zero-order valence-corrected chi connectivity index (χ0v) is 18.5. The number of pyridine rings is 2. The van der Waals surface area contributed by atoms with Crippen LogP contribution in [0.1, 0.15) is 5.56 Å². The molecule has 0 saturated carbocycles. The van der Waals surface area contributed by atoms with E-state index in [-0.39, 0.29) is 5.69 Å². The van der Waals surface area contributed by atoms with E-state index in [1.54, 1.807) is 12.3 Å². The molecule has 3 aromatic heterocycles. The molecule has 3 aromatic carbocycles. The SMILES string of the molecule is Cn1ccc2cc(-c3ccc4ncc5ccc(=O)n(-c6cccc(C(F)(F)F)c6)c5c4c3)ccc21. The van der Waals surface area contributed by atoms with Gasteiger partial charge < -0.3 is 4.57 Å². The largest absolute Gasteiger partial charge is 0.416 e. The Labute approximate surface area is 197 Å². The summed E-state index contributed by atoms with van der Waals surface area (Å²) < 4.78 is 43.6. The van der Waals surface area contributed by atoms with Crippen LogP contribution in [0.5, 0.6) is 0 Å². The summed E-state index contributed by atoms with van der Waals surface area (Å²) in [5, 5.41) is 2.44. The van der Waals surface area contributed by atoms with E-state index in [2.05, 4.69) is 17.1 Å². The lowest BCUT2D eigenvalue weighted by Crippen LogP contribution is -2.18. The van der Waals surface area contributed by atoms with Crippen molar-refractivity contribution in [3.63, 3.8) is 0 Å². The summed E-state index contributed by atoms with van der Waals surface area (Å²) in [6.45, 7) is 0. The third-order valence-corrected chi connectivity index (χ3v) is 6.37. The van der Waals surface area contributed by atoms with Crippen LogP contribution in [0.4, 0.5) is 13.2 Å². The average molecular weight is 469 g/mol. The van der Waals surface area contributed by atoms with Crippen LogP contribution in [0.15, 0.2) is 96.1 Å². The Morgan fingerprint density at radius 2 is 1.63 bits per heavy atom. The molecule has 0 aliphatic carbocycles. The van der Waals surface area contributed by atoms with E-state index in [9.17, 15) is 18.0 Å². The number of halogens is 3. The minimum absolute atomic E-state index is 0.152. The summed E-state index contributed by atoms with van der Waals surface area (Å²) >= 11 is 0. The maximum absolute atomic E-state index is 13.4. The minimum atomic E-state index is -4.52. The van der Waals surface area contributed by atoms with E-state index in [1.165, 1.54) is 22.8 Å². The van der Waals surface area contributed by atoms with Gasteiger partial charge in [0.15, 0.2) is 0 Å². The number of hydrogen-bond acceptors (Lipinski definition) is 2. The van der Waals surface area contributed by atoms with Gasteiger partial charge in [0.25, 0.3) is 5.56 Å². The molecule has 0 radical (unpaired) electrons. The second kappa shape index (κ2) is 7.56. The molecular weight excluding hydrogens is 451 g/mol. The number of aryl methyl sites for hydroxylation is 1. The predicted molar refractivity (Wildman–Crippen MR) is 132 cm³/mol. The fraction of sp³-hybridized carbons (Fsp3) is 0.0714. The lowest BCUT2D eigenvalue weighted by atomic mass is 10.0. The van der Waals surface area contributed by atoms with Gasteiger partial charge in [0.2, 0.25) is 0 Å². The van der Waals surface area contributed by atoms with Gasteiger partial charge in [-0.2, -0.15) is 13.2 Å². The monoisotopic (exact) mass is 469 g/mol. The average Bonchev–Trinajstić information content (AvgIpc) is 3.23. The molecule has 0 N–H and O–H groups in total. The molecule has 0 aliphatic rings. The molecule has 3 heterocycles. The van der Waals surface area contributed by atoms with E-state index in [1.807, 2.05) is 48.1 Å². The number of hydrogen-bond donors (Lipinski definition) is 0. The lowest BCUT2D eigenvalue weighted by molar-refractivity contribution is -0.137. The van der Waals surface area contributed by atoms with Crippen molar-refractivity contribution in [3.05, 3.63) is 107 Å². The summed E-state index contributed by atoms with van der Waals surface area (Å²) in [6, 6.07) is 21.8. The zero-order chi connectivity index (χ0) is 24.3. The fourth-order valence-electron chi connectivity index (χ4n) is 4.63. The van der Waals surface area contributed by atoms with Gasteiger partial charge in [-0.05, 0) is 65.7 Å². The molecule has 35 heavy (non-hydrogen) atoms. The molecule has 7 heteroatoms. The molecule has 0 saturated heterocycles. The van der Waals surface area contributed by atoms with Crippen LogP contribution in [0.25, 0.3) is 49.5 Å². The van der Waals surface area contributed by atoms with Crippen molar-refractivity contribution in [2.75, 3.05) is 0 Å². The molecule has 6 rings (SSSR count). The zero-order valence-electron chi connectivity index (χ0n) is 18.5. The van der Waals surface area contributed by atoms with Crippen LogP contribution in [0.2, 0.25) is 0 Å². The quantitative estimate of drug-likeness (QED) is 0.264. The van der Waals surface area contributed by atoms with Crippen LogP contribution < -0.4 is 5.56 Å². The first kappa shape index (κ1) is 21.2. The normalized spacial score (nSPS) is 12.1. The number of alkyl halides is 3. The first-order chi connectivity index (χ1) is 16.8. The van der Waals surface area contributed by atoms with Gasteiger partial charge in [0.1, 0.15) is 0 Å². The predicted octanol–water partition coefficient (Wildman–Crippen LogP) is 6.72. The Morgan fingerprint density at radius 1 is 0.829 bits per heavy atom. The molecule has 0 unspecified atom stereocenters. The van der Waals surface area contributed by atoms with Crippen LogP contribution in [0.3, 0.4) is 0 Å². The van der Waals surface area contributed by atoms with Crippen molar-refractivity contribution in [1.82, 2.24) is 14.1 Å². The number of benzene rings is 3.